The lowest BCUT2D eigenvalue weighted by Gasteiger charge is -2.32. The summed E-state index contributed by atoms with van der Waals surface area (Å²) in [6.45, 7) is 6.75. The van der Waals surface area contributed by atoms with Crippen molar-refractivity contribution in [2.24, 2.45) is 5.92 Å². The van der Waals surface area contributed by atoms with Crippen LogP contribution in [0.5, 0.6) is 0 Å². The van der Waals surface area contributed by atoms with Crippen molar-refractivity contribution >= 4 is 11.8 Å². The van der Waals surface area contributed by atoms with E-state index in [-0.39, 0.29) is 29.3 Å². The maximum absolute atomic E-state index is 12.0. The molecule has 102 valence electrons. The molecule has 1 saturated carbocycles. The Morgan fingerprint density at radius 3 is 2.39 bits per heavy atom. The van der Waals surface area contributed by atoms with E-state index in [1.165, 1.54) is 0 Å². The molecule has 0 spiro atoms. The molecule has 1 atom stereocenters. The summed E-state index contributed by atoms with van der Waals surface area (Å²) in [6, 6.07) is 0.00447. The van der Waals surface area contributed by atoms with Gasteiger partial charge in [0.25, 0.3) is 0 Å². The van der Waals surface area contributed by atoms with Crippen LogP contribution in [0.2, 0.25) is 0 Å². The van der Waals surface area contributed by atoms with Gasteiger partial charge in [-0.3, -0.25) is 9.59 Å². The van der Waals surface area contributed by atoms with E-state index in [0.717, 1.165) is 25.7 Å². The van der Waals surface area contributed by atoms with E-state index < -0.39 is 0 Å². The van der Waals surface area contributed by atoms with Crippen molar-refractivity contribution in [2.75, 3.05) is 6.54 Å². The van der Waals surface area contributed by atoms with Crippen molar-refractivity contribution in [1.29, 1.82) is 0 Å². The molecule has 4 nitrogen and oxygen atoms in total. The lowest BCUT2D eigenvalue weighted by molar-refractivity contribution is -0.131. The smallest absolute Gasteiger partial charge is 0.225 e. The topological polar surface area (TPSA) is 49.4 Å². The predicted molar refractivity (Wildman–Crippen MR) is 70.0 cm³/mol. The first-order valence-corrected chi connectivity index (χ1v) is 6.99. The molecule has 1 N–H and O–H groups in total. The Hall–Kier alpha value is -1.06. The molecule has 2 fully saturated rings. The van der Waals surface area contributed by atoms with Crippen LogP contribution >= 0.6 is 0 Å². The molecule has 1 aliphatic heterocycles. The van der Waals surface area contributed by atoms with Crippen LogP contribution in [0.25, 0.3) is 0 Å². The number of hydrogen-bond donors (Lipinski definition) is 1. The molecule has 2 rings (SSSR count). The second-order valence-corrected chi connectivity index (χ2v) is 6.57. The van der Waals surface area contributed by atoms with Gasteiger partial charge in [-0.1, -0.05) is 12.8 Å². The van der Waals surface area contributed by atoms with Crippen LogP contribution in [-0.4, -0.2) is 34.8 Å². The van der Waals surface area contributed by atoms with Crippen LogP contribution in [0.15, 0.2) is 0 Å². The second kappa shape index (κ2) is 4.90. The fourth-order valence-corrected chi connectivity index (χ4v) is 2.96. The SMILES string of the molecule is CC(C)(C)N1CC(NC(=O)C2CCCC2)CC1=O. The summed E-state index contributed by atoms with van der Waals surface area (Å²) in [4.78, 5) is 25.8. The van der Waals surface area contributed by atoms with E-state index in [4.69, 9.17) is 0 Å². The number of carbonyl (C=O) groups is 2. The summed E-state index contributed by atoms with van der Waals surface area (Å²) >= 11 is 0. The zero-order chi connectivity index (χ0) is 13.3. The molecule has 18 heavy (non-hydrogen) atoms. The number of amides is 2. The predicted octanol–water partition coefficient (Wildman–Crippen LogP) is 1.69. The van der Waals surface area contributed by atoms with E-state index in [1.807, 2.05) is 25.7 Å². The quantitative estimate of drug-likeness (QED) is 0.813. The fraction of sp³-hybridized carbons (Fsp3) is 0.857. The second-order valence-electron chi connectivity index (χ2n) is 6.57. The Bertz CT molecular complexity index is 340. The molecule has 4 heteroatoms. The molecule has 2 aliphatic rings. The fourth-order valence-electron chi connectivity index (χ4n) is 2.96. The average Bonchev–Trinajstić information content (AvgIpc) is 2.85. The molecule has 0 aromatic rings. The third kappa shape index (κ3) is 2.85. The number of likely N-dealkylation sites (tertiary alicyclic amines) is 1. The Kier molecular flexibility index (Phi) is 3.64. The van der Waals surface area contributed by atoms with Gasteiger partial charge in [0.15, 0.2) is 0 Å². The van der Waals surface area contributed by atoms with E-state index in [2.05, 4.69) is 5.32 Å². The van der Waals surface area contributed by atoms with Crippen LogP contribution in [0.1, 0.15) is 52.9 Å². The first kappa shape index (κ1) is 13.4. The molecule has 1 aliphatic carbocycles. The van der Waals surface area contributed by atoms with Gasteiger partial charge in [0.2, 0.25) is 11.8 Å². The molecular formula is C14H24N2O2. The van der Waals surface area contributed by atoms with Crippen molar-refractivity contribution < 1.29 is 9.59 Å². The maximum Gasteiger partial charge on any atom is 0.225 e. The normalized spacial score (nSPS) is 25.8. The Labute approximate surface area is 109 Å². The zero-order valence-electron chi connectivity index (χ0n) is 11.7. The Morgan fingerprint density at radius 1 is 1.28 bits per heavy atom. The highest BCUT2D eigenvalue weighted by atomic mass is 16.2. The number of carbonyl (C=O) groups excluding carboxylic acids is 2. The van der Waals surface area contributed by atoms with E-state index >= 15 is 0 Å². The highest BCUT2D eigenvalue weighted by molar-refractivity contribution is 5.83. The van der Waals surface area contributed by atoms with E-state index in [0.29, 0.717) is 13.0 Å². The summed E-state index contributed by atoms with van der Waals surface area (Å²) in [7, 11) is 0. The molecule has 0 aromatic carbocycles. The summed E-state index contributed by atoms with van der Waals surface area (Å²) in [5.41, 5.74) is -0.149. The third-order valence-electron chi connectivity index (χ3n) is 4.01. The van der Waals surface area contributed by atoms with Gasteiger partial charge in [-0.25, -0.2) is 0 Å². The summed E-state index contributed by atoms with van der Waals surface area (Å²) in [5, 5.41) is 3.05. The third-order valence-corrected chi connectivity index (χ3v) is 4.01. The van der Waals surface area contributed by atoms with Gasteiger partial charge in [0.05, 0.1) is 6.04 Å². The van der Waals surface area contributed by atoms with Gasteiger partial charge in [0.1, 0.15) is 0 Å². The van der Waals surface area contributed by atoms with Gasteiger partial charge < -0.3 is 10.2 Å². The van der Waals surface area contributed by atoms with Gasteiger partial charge in [-0.2, -0.15) is 0 Å². The number of nitrogens with one attached hydrogen (secondary N) is 1. The standard InChI is InChI=1S/C14H24N2O2/c1-14(2,3)16-9-11(8-12(16)17)15-13(18)10-6-4-5-7-10/h10-11H,4-9H2,1-3H3,(H,15,18). The molecule has 1 unspecified atom stereocenters. The van der Waals surface area contributed by atoms with E-state index in [9.17, 15) is 9.59 Å². The van der Waals surface area contributed by atoms with Crippen molar-refractivity contribution in [3.8, 4) is 0 Å². The summed E-state index contributed by atoms with van der Waals surface area (Å²) in [5.74, 6) is 0.490. The lowest BCUT2D eigenvalue weighted by atomic mass is 10.1. The molecule has 0 aromatic heterocycles. The highest BCUT2D eigenvalue weighted by Gasteiger charge is 2.37. The molecule has 0 bridgehead atoms. The Morgan fingerprint density at radius 2 is 1.89 bits per heavy atom. The first-order valence-electron chi connectivity index (χ1n) is 6.99. The van der Waals surface area contributed by atoms with Gasteiger partial charge in [0, 0.05) is 24.4 Å². The van der Waals surface area contributed by atoms with Crippen LogP contribution < -0.4 is 5.32 Å². The highest BCUT2D eigenvalue weighted by Crippen LogP contribution is 2.26. The van der Waals surface area contributed by atoms with Gasteiger partial charge in [-0.05, 0) is 33.6 Å². The van der Waals surface area contributed by atoms with Crippen molar-refractivity contribution in [3.05, 3.63) is 0 Å². The van der Waals surface area contributed by atoms with Crippen LogP contribution in [0, 0.1) is 5.92 Å². The van der Waals surface area contributed by atoms with Crippen molar-refractivity contribution in [1.82, 2.24) is 10.2 Å². The Balaban J connectivity index is 1.88. The average molecular weight is 252 g/mol. The first-order chi connectivity index (χ1) is 8.38. The van der Waals surface area contributed by atoms with Gasteiger partial charge in [-0.15, -0.1) is 0 Å². The summed E-state index contributed by atoms with van der Waals surface area (Å²) < 4.78 is 0. The zero-order valence-corrected chi connectivity index (χ0v) is 11.7. The minimum Gasteiger partial charge on any atom is -0.351 e. The maximum atomic E-state index is 12.0. The van der Waals surface area contributed by atoms with Crippen LogP contribution in [0.4, 0.5) is 0 Å². The molecular weight excluding hydrogens is 228 g/mol. The monoisotopic (exact) mass is 252 g/mol. The minimum absolute atomic E-state index is 0.00447. The number of nitrogens with zero attached hydrogens (tertiary/aromatic N) is 1. The number of rotatable bonds is 2. The molecule has 1 heterocycles. The summed E-state index contributed by atoms with van der Waals surface area (Å²) in [6.07, 6.45) is 4.80. The largest absolute Gasteiger partial charge is 0.351 e. The molecule has 1 saturated heterocycles. The molecule has 0 radical (unpaired) electrons. The number of hydrogen-bond acceptors (Lipinski definition) is 2. The molecule has 2 amide bonds. The minimum atomic E-state index is -0.149. The van der Waals surface area contributed by atoms with Gasteiger partial charge >= 0.3 is 0 Å². The van der Waals surface area contributed by atoms with Crippen molar-refractivity contribution in [2.45, 2.75) is 64.5 Å². The van der Waals surface area contributed by atoms with Crippen molar-refractivity contribution in [3.63, 3.8) is 0 Å². The van der Waals surface area contributed by atoms with E-state index in [1.54, 1.807) is 0 Å². The van der Waals surface area contributed by atoms with Crippen LogP contribution in [0.3, 0.4) is 0 Å². The lowest BCUT2D eigenvalue weighted by Crippen LogP contribution is -2.45. The van der Waals surface area contributed by atoms with Crippen LogP contribution in [-0.2, 0) is 9.59 Å².